The molecular weight excluding hydrogens is 212 g/mol. The van der Waals surface area contributed by atoms with E-state index in [2.05, 4.69) is 40.7 Å². The van der Waals surface area contributed by atoms with Crippen molar-refractivity contribution in [1.29, 1.82) is 0 Å². The highest BCUT2D eigenvalue weighted by atomic mass is 16.5. The summed E-state index contributed by atoms with van der Waals surface area (Å²) in [5.41, 5.74) is 6.47. The second-order valence-electron chi connectivity index (χ2n) is 4.86. The second-order valence-corrected chi connectivity index (χ2v) is 4.86. The molecule has 1 aromatic rings. The number of carbonyl (C=O) groups excluding carboxylic acids is 1. The molecule has 0 saturated carbocycles. The van der Waals surface area contributed by atoms with Crippen molar-refractivity contribution in [3.8, 4) is 0 Å². The minimum Gasteiger partial charge on any atom is -0.469 e. The van der Waals surface area contributed by atoms with Crippen LogP contribution < -0.4 is 0 Å². The Balaban J connectivity index is 3.16. The standard InChI is InChI=1S/C15H22O2/c1-9-7-10(2)13(5)15(12(9)4)11(3)8-14(16)17-6/h7,11H,8H2,1-6H3. The van der Waals surface area contributed by atoms with Crippen molar-refractivity contribution in [2.45, 2.75) is 47.0 Å². The number of ether oxygens (including phenoxy) is 1. The van der Waals surface area contributed by atoms with Gasteiger partial charge in [0.15, 0.2) is 0 Å². The first-order valence-electron chi connectivity index (χ1n) is 6.02. The van der Waals surface area contributed by atoms with Gasteiger partial charge in [0.05, 0.1) is 13.5 Å². The van der Waals surface area contributed by atoms with E-state index in [1.165, 1.54) is 34.9 Å². The molecule has 2 nitrogen and oxygen atoms in total. The summed E-state index contributed by atoms with van der Waals surface area (Å²) in [6, 6.07) is 2.21. The minimum absolute atomic E-state index is 0.143. The molecule has 1 aromatic carbocycles. The summed E-state index contributed by atoms with van der Waals surface area (Å²) in [6.07, 6.45) is 0.446. The zero-order chi connectivity index (χ0) is 13.2. The Morgan fingerprint density at radius 2 is 1.65 bits per heavy atom. The molecule has 0 fully saturated rings. The van der Waals surface area contributed by atoms with Crippen molar-refractivity contribution < 1.29 is 9.53 Å². The lowest BCUT2D eigenvalue weighted by molar-refractivity contribution is -0.140. The van der Waals surface area contributed by atoms with E-state index in [4.69, 9.17) is 4.74 Å². The molecule has 0 aromatic heterocycles. The molecule has 94 valence electrons. The van der Waals surface area contributed by atoms with Gasteiger partial charge in [0, 0.05) is 0 Å². The van der Waals surface area contributed by atoms with Crippen LogP contribution >= 0.6 is 0 Å². The van der Waals surface area contributed by atoms with Gasteiger partial charge in [-0.3, -0.25) is 4.79 Å². The van der Waals surface area contributed by atoms with Crippen LogP contribution in [0.1, 0.15) is 47.1 Å². The maximum absolute atomic E-state index is 11.4. The summed E-state index contributed by atoms with van der Waals surface area (Å²) in [6.45, 7) is 10.6. The van der Waals surface area contributed by atoms with Crippen LogP contribution in [0, 0.1) is 27.7 Å². The van der Waals surface area contributed by atoms with Gasteiger partial charge in [-0.05, 0) is 61.4 Å². The van der Waals surface area contributed by atoms with Crippen LogP contribution in [0.5, 0.6) is 0 Å². The highest BCUT2D eigenvalue weighted by molar-refractivity contribution is 5.70. The highest BCUT2D eigenvalue weighted by Crippen LogP contribution is 2.30. The Kier molecular flexibility index (Phi) is 4.33. The van der Waals surface area contributed by atoms with E-state index in [0.29, 0.717) is 6.42 Å². The first-order valence-corrected chi connectivity index (χ1v) is 6.02. The SMILES string of the molecule is COC(=O)CC(C)c1c(C)c(C)cc(C)c1C. The molecule has 0 bridgehead atoms. The Morgan fingerprint density at radius 1 is 1.18 bits per heavy atom. The number of hydrogen-bond donors (Lipinski definition) is 0. The quantitative estimate of drug-likeness (QED) is 0.747. The van der Waals surface area contributed by atoms with Gasteiger partial charge in [0.1, 0.15) is 0 Å². The van der Waals surface area contributed by atoms with Gasteiger partial charge >= 0.3 is 5.97 Å². The third kappa shape index (κ3) is 2.87. The van der Waals surface area contributed by atoms with Crippen LogP contribution in [0.15, 0.2) is 6.07 Å². The Hall–Kier alpha value is -1.31. The lowest BCUT2D eigenvalue weighted by atomic mass is 9.85. The molecule has 0 spiro atoms. The molecule has 1 atom stereocenters. The molecule has 0 radical (unpaired) electrons. The molecule has 0 amide bonds. The van der Waals surface area contributed by atoms with Gasteiger partial charge < -0.3 is 4.74 Å². The van der Waals surface area contributed by atoms with E-state index in [1.807, 2.05) is 0 Å². The fourth-order valence-corrected chi connectivity index (χ4v) is 2.42. The topological polar surface area (TPSA) is 26.3 Å². The number of esters is 1. The summed E-state index contributed by atoms with van der Waals surface area (Å²) < 4.78 is 4.74. The second kappa shape index (κ2) is 5.35. The molecule has 0 N–H and O–H groups in total. The van der Waals surface area contributed by atoms with Crippen LogP contribution in [-0.4, -0.2) is 13.1 Å². The van der Waals surface area contributed by atoms with Gasteiger partial charge in [-0.2, -0.15) is 0 Å². The Labute approximate surface area is 104 Å². The van der Waals surface area contributed by atoms with Crippen molar-refractivity contribution in [2.75, 3.05) is 7.11 Å². The summed E-state index contributed by atoms with van der Waals surface area (Å²) >= 11 is 0. The maximum Gasteiger partial charge on any atom is 0.306 e. The van der Waals surface area contributed by atoms with Gasteiger partial charge in [0.2, 0.25) is 0 Å². The smallest absolute Gasteiger partial charge is 0.306 e. The fraction of sp³-hybridized carbons (Fsp3) is 0.533. The fourth-order valence-electron chi connectivity index (χ4n) is 2.42. The molecule has 2 heteroatoms. The zero-order valence-corrected chi connectivity index (χ0v) is 11.7. The monoisotopic (exact) mass is 234 g/mol. The van der Waals surface area contributed by atoms with Crippen molar-refractivity contribution in [3.63, 3.8) is 0 Å². The largest absolute Gasteiger partial charge is 0.469 e. The molecule has 17 heavy (non-hydrogen) atoms. The number of rotatable bonds is 3. The number of carbonyl (C=O) groups is 1. The Bertz CT molecular complexity index is 407. The third-order valence-electron chi connectivity index (χ3n) is 3.62. The summed E-state index contributed by atoms with van der Waals surface area (Å²) in [5, 5.41) is 0. The predicted octanol–water partition coefficient (Wildman–Crippen LogP) is 3.59. The molecule has 0 heterocycles. The summed E-state index contributed by atoms with van der Waals surface area (Å²) in [5.74, 6) is 0.0662. The van der Waals surface area contributed by atoms with Crippen LogP contribution in [0.2, 0.25) is 0 Å². The summed E-state index contributed by atoms with van der Waals surface area (Å²) in [7, 11) is 1.44. The molecule has 1 rings (SSSR count). The van der Waals surface area contributed by atoms with E-state index in [1.54, 1.807) is 0 Å². The average Bonchev–Trinajstić information content (AvgIpc) is 2.26. The molecule has 1 unspecified atom stereocenters. The first kappa shape index (κ1) is 13.8. The number of benzene rings is 1. The number of aryl methyl sites for hydroxylation is 2. The molecular formula is C15H22O2. The summed E-state index contributed by atoms with van der Waals surface area (Å²) in [4.78, 5) is 11.4. The molecule has 0 saturated heterocycles. The maximum atomic E-state index is 11.4. The van der Waals surface area contributed by atoms with Gasteiger partial charge in [-0.15, -0.1) is 0 Å². The number of hydrogen-bond acceptors (Lipinski definition) is 2. The third-order valence-corrected chi connectivity index (χ3v) is 3.62. The van der Waals surface area contributed by atoms with Crippen molar-refractivity contribution in [2.24, 2.45) is 0 Å². The van der Waals surface area contributed by atoms with Gasteiger partial charge in [0.25, 0.3) is 0 Å². The van der Waals surface area contributed by atoms with E-state index in [-0.39, 0.29) is 11.9 Å². The zero-order valence-electron chi connectivity index (χ0n) is 11.7. The predicted molar refractivity (Wildman–Crippen MR) is 70.4 cm³/mol. The van der Waals surface area contributed by atoms with Crippen molar-refractivity contribution >= 4 is 5.97 Å². The minimum atomic E-state index is -0.143. The van der Waals surface area contributed by atoms with Crippen LogP contribution in [0.25, 0.3) is 0 Å². The number of methoxy groups -OCH3 is 1. The van der Waals surface area contributed by atoms with Crippen molar-refractivity contribution in [3.05, 3.63) is 33.9 Å². The van der Waals surface area contributed by atoms with Gasteiger partial charge in [-0.25, -0.2) is 0 Å². The normalized spacial score (nSPS) is 12.4. The van der Waals surface area contributed by atoms with E-state index in [9.17, 15) is 4.79 Å². The lowest BCUT2D eigenvalue weighted by Gasteiger charge is -2.20. The average molecular weight is 234 g/mol. The molecule has 0 aliphatic heterocycles. The molecule has 0 aliphatic carbocycles. The Morgan fingerprint density at radius 3 is 2.06 bits per heavy atom. The van der Waals surface area contributed by atoms with E-state index in [0.717, 1.165) is 0 Å². The van der Waals surface area contributed by atoms with Crippen LogP contribution in [0.3, 0.4) is 0 Å². The van der Waals surface area contributed by atoms with E-state index < -0.39 is 0 Å². The van der Waals surface area contributed by atoms with Crippen molar-refractivity contribution in [1.82, 2.24) is 0 Å². The molecule has 0 aliphatic rings. The van der Waals surface area contributed by atoms with Crippen LogP contribution in [-0.2, 0) is 9.53 Å². The first-order chi connectivity index (χ1) is 7.88. The van der Waals surface area contributed by atoms with E-state index >= 15 is 0 Å². The van der Waals surface area contributed by atoms with Crippen LogP contribution in [0.4, 0.5) is 0 Å². The van der Waals surface area contributed by atoms with Gasteiger partial charge in [-0.1, -0.05) is 13.0 Å². The lowest BCUT2D eigenvalue weighted by Crippen LogP contribution is -2.10. The highest BCUT2D eigenvalue weighted by Gasteiger charge is 2.17.